The van der Waals surface area contributed by atoms with E-state index in [0.29, 0.717) is 11.1 Å². The van der Waals surface area contributed by atoms with Gasteiger partial charge in [-0.3, -0.25) is 0 Å². The van der Waals surface area contributed by atoms with Gasteiger partial charge in [0.05, 0.1) is 27.4 Å². The fourth-order valence-corrected chi connectivity index (χ4v) is 12.8. The van der Waals surface area contributed by atoms with Gasteiger partial charge in [0.1, 0.15) is 24.9 Å². The molecule has 1 aliphatic heterocycles. The molecule has 4 unspecified atom stereocenters. The first-order valence-electron chi connectivity index (χ1n) is 21.2. The lowest BCUT2D eigenvalue weighted by molar-refractivity contribution is -0.283. The van der Waals surface area contributed by atoms with Gasteiger partial charge in [-0.1, -0.05) is 105 Å². The summed E-state index contributed by atoms with van der Waals surface area (Å²) in [5.74, 6) is -1.08. The van der Waals surface area contributed by atoms with Gasteiger partial charge in [-0.15, -0.1) is 0 Å². The Bertz CT molecular complexity index is 2360. The molecular weight excluding hydrogens is 827 g/mol. The van der Waals surface area contributed by atoms with E-state index in [1.165, 1.54) is 7.11 Å². The summed E-state index contributed by atoms with van der Waals surface area (Å²) >= 11 is 0. The maximum atomic E-state index is 14.2. The molecule has 6 aromatic carbocycles. The lowest BCUT2D eigenvalue weighted by Crippen LogP contribution is -2.62. The Labute approximate surface area is 374 Å². The molecule has 0 radical (unpaired) electrons. The third-order valence-corrected chi connectivity index (χ3v) is 14.5. The normalized spacial score (nSPS) is 18.7. The first-order valence-corrected chi connectivity index (χ1v) is 23.7. The van der Waals surface area contributed by atoms with Crippen LogP contribution in [0.25, 0.3) is 0 Å². The van der Waals surface area contributed by atoms with Crippen molar-refractivity contribution in [3.05, 3.63) is 189 Å². The molecule has 0 aliphatic carbocycles. The van der Waals surface area contributed by atoms with E-state index in [1.807, 2.05) is 12.1 Å². The van der Waals surface area contributed by atoms with Crippen molar-refractivity contribution in [2.75, 3.05) is 13.7 Å². The number of rotatable bonds is 14. The van der Waals surface area contributed by atoms with Gasteiger partial charge in [-0.2, -0.15) is 0 Å². The van der Waals surface area contributed by atoms with Crippen LogP contribution in [0.4, 0.5) is 0 Å². The summed E-state index contributed by atoms with van der Waals surface area (Å²) in [6, 6.07) is 43.5. The van der Waals surface area contributed by atoms with Gasteiger partial charge in [-0.25, -0.2) is 9.59 Å². The van der Waals surface area contributed by atoms with Crippen molar-refractivity contribution in [3.8, 4) is 0 Å². The molecule has 10 heteroatoms. The van der Waals surface area contributed by atoms with Crippen molar-refractivity contribution in [3.63, 3.8) is 0 Å². The zero-order chi connectivity index (χ0) is 44.8. The summed E-state index contributed by atoms with van der Waals surface area (Å²) in [5.41, 5.74) is 9.48. The fourth-order valence-electron chi connectivity index (χ4n) is 8.21. The van der Waals surface area contributed by atoms with E-state index in [1.54, 1.807) is 48.5 Å². The number of carbonyl (C=O) groups excluding carboxylic acids is 2. The van der Waals surface area contributed by atoms with Crippen molar-refractivity contribution in [2.45, 2.75) is 86.1 Å². The Morgan fingerprint density at radius 2 is 0.825 bits per heavy atom. The highest BCUT2D eigenvalue weighted by molar-refractivity contribution is 7.69. The molecule has 0 aromatic heterocycles. The number of hydrogen-bond acceptors (Lipinski definition) is 8. The Balaban J connectivity index is 1.43. The van der Waals surface area contributed by atoms with Gasteiger partial charge in [0.25, 0.3) is 0 Å². The Morgan fingerprint density at radius 1 is 0.476 bits per heavy atom. The van der Waals surface area contributed by atoms with E-state index in [4.69, 9.17) is 28.0 Å². The molecule has 0 amide bonds. The van der Waals surface area contributed by atoms with Crippen molar-refractivity contribution >= 4 is 49.5 Å². The van der Waals surface area contributed by atoms with Crippen LogP contribution in [0.5, 0.6) is 0 Å². The summed E-state index contributed by atoms with van der Waals surface area (Å²) in [5, 5.41) is 3.95. The summed E-state index contributed by atoms with van der Waals surface area (Å²) in [6.45, 7) is 16.4. The van der Waals surface area contributed by atoms with Gasteiger partial charge < -0.3 is 28.0 Å². The SMILES string of the molecule is COC1OC(COC(=O)c2ccccc2)C(OP(c2cc(C)cc(C)c2)c2cc(C)cc(C)c2)[C@H](OP(c2cc(C)cc(C)c2)c2cc(C)cc(C)c2)C1OC(=O)c1ccccc1. The summed E-state index contributed by atoms with van der Waals surface area (Å²) in [4.78, 5) is 27.9. The highest BCUT2D eigenvalue weighted by atomic mass is 31.1. The molecule has 1 heterocycles. The Morgan fingerprint density at radius 3 is 1.19 bits per heavy atom. The minimum Gasteiger partial charge on any atom is -0.459 e. The standard InChI is InChI=1S/C53H56O8P2/c1-33-20-34(2)25-43(24-33)62(44-26-35(3)21-36(4)27-44)60-48-47(32-57-51(54)41-16-12-10-13-17-41)58-53(56-9)50(59-52(55)42-18-14-11-15-19-42)49(48)61-63(45-28-37(5)22-38(6)29-45)46-30-39(7)23-40(8)31-46/h10-31,47-50,53H,32H2,1-9H3/t47?,48?,49-,50?,53?/m0/s1. The van der Waals surface area contributed by atoms with Crippen molar-refractivity contribution in [1.29, 1.82) is 0 Å². The molecule has 0 N–H and O–H groups in total. The number of esters is 2. The van der Waals surface area contributed by atoms with E-state index in [0.717, 1.165) is 65.7 Å². The van der Waals surface area contributed by atoms with Crippen LogP contribution in [0.2, 0.25) is 0 Å². The summed E-state index contributed by atoms with van der Waals surface area (Å²) in [7, 11) is -1.69. The second-order valence-corrected chi connectivity index (χ2v) is 20.3. The Kier molecular flexibility index (Phi) is 15.1. The quantitative estimate of drug-likeness (QED) is 0.0790. The highest BCUT2D eigenvalue weighted by Gasteiger charge is 2.53. The first-order chi connectivity index (χ1) is 30.2. The molecule has 6 aromatic rings. The topological polar surface area (TPSA) is 89.5 Å². The average molecular weight is 883 g/mol. The fraction of sp³-hybridized carbons (Fsp3) is 0.283. The third kappa shape index (κ3) is 11.6. The van der Waals surface area contributed by atoms with Crippen LogP contribution in [0, 0.1) is 55.4 Å². The maximum absolute atomic E-state index is 14.2. The minimum absolute atomic E-state index is 0.203. The third-order valence-electron chi connectivity index (χ3n) is 10.7. The Hall–Kier alpha value is -5.04. The molecule has 5 atom stereocenters. The zero-order valence-electron chi connectivity index (χ0n) is 37.5. The number of benzene rings is 6. The maximum Gasteiger partial charge on any atom is 0.338 e. The lowest BCUT2D eigenvalue weighted by Gasteiger charge is -2.46. The molecule has 0 bridgehead atoms. The lowest BCUT2D eigenvalue weighted by atomic mass is 9.99. The van der Waals surface area contributed by atoms with Crippen molar-refractivity contribution in [1.82, 2.24) is 0 Å². The van der Waals surface area contributed by atoms with Crippen LogP contribution >= 0.6 is 16.3 Å². The molecule has 1 saturated heterocycles. The van der Waals surface area contributed by atoms with Gasteiger partial charge in [0, 0.05) is 28.3 Å². The van der Waals surface area contributed by atoms with Crippen LogP contribution in [-0.2, 0) is 28.0 Å². The number of carbonyl (C=O) groups is 2. The number of ether oxygens (including phenoxy) is 4. The van der Waals surface area contributed by atoms with Crippen LogP contribution in [-0.4, -0.2) is 56.4 Å². The summed E-state index contributed by atoms with van der Waals surface area (Å²) < 4.78 is 40.7. The van der Waals surface area contributed by atoms with E-state index >= 15 is 0 Å². The number of aryl methyl sites for hydroxylation is 8. The molecule has 0 saturated carbocycles. The molecule has 7 rings (SSSR count). The van der Waals surface area contributed by atoms with Gasteiger partial charge in [0.2, 0.25) is 0 Å². The van der Waals surface area contributed by atoms with E-state index < -0.39 is 58.9 Å². The predicted molar refractivity (Wildman–Crippen MR) is 254 cm³/mol. The largest absolute Gasteiger partial charge is 0.459 e. The van der Waals surface area contributed by atoms with Crippen LogP contribution in [0.3, 0.4) is 0 Å². The van der Waals surface area contributed by atoms with Gasteiger partial charge >= 0.3 is 11.9 Å². The highest BCUT2D eigenvalue weighted by Crippen LogP contribution is 2.47. The molecule has 326 valence electrons. The molecule has 1 fully saturated rings. The van der Waals surface area contributed by atoms with Crippen LogP contribution < -0.4 is 21.2 Å². The second-order valence-electron chi connectivity index (χ2n) is 16.6. The van der Waals surface area contributed by atoms with Crippen molar-refractivity contribution < 1.29 is 37.6 Å². The second kappa shape index (κ2) is 20.6. The molecule has 8 nitrogen and oxygen atoms in total. The van der Waals surface area contributed by atoms with Crippen molar-refractivity contribution in [2.24, 2.45) is 0 Å². The van der Waals surface area contributed by atoms with E-state index in [2.05, 4.69) is 128 Å². The predicted octanol–water partition coefficient (Wildman–Crippen LogP) is 9.77. The average Bonchev–Trinajstić information content (AvgIpc) is 3.23. The van der Waals surface area contributed by atoms with Gasteiger partial charge in [-0.05, 0) is 128 Å². The molecule has 1 aliphatic rings. The smallest absolute Gasteiger partial charge is 0.338 e. The van der Waals surface area contributed by atoms with Gasteiger partial charge in [0.15, 0.2) is 12.4 Å². The number of methoxy groups -OCH3 is 1. The zero-order valence-corrected chi connectivity index (χ0v) is 39.2. The molecule has 0 spiro atoms. The molecular formula is C53H56O8P2. The first kappa shape index (κ1) is 46.0. The minimum atomic E-state index is -1.61. The monoisotopic (exact) mass is 882 g/mol. The molecule has 63 heavy (non-hydrogen) atoms. The van der Waals surface area contributed by atoms with E-state index in [9.17, 15) is 9.59 Å². The number of hydrogen-bond donors (Lipinski definition) is 0. The van der Waals surface area contributed by atoms with Crippen LogP contribution in [0.1, 0.15) is 65.2 Å². The summed E-state index contributed by atoms with van der Waals surface area (Å²) in [6.07, 6.45) is -5.18. The van der Waals surface area contributed by atoms with Crippen LogP contribution in [0.15, 0.2) is 133 Å². The van der Waals surface area contributed by atoms with E-state index in [-0.39, 0.29) is 6.61 Å².